The lowest BCUT2D eigenvalue weighted by Gasteiger charge is -2.26. The van der Waals surface area contributed by atoms with Gasteiger partial charge in [-0.15, -0.1) is 0 Å². The van der Waals surface area contributed by atoms with Crippen LogP contribution in [0, 0.1) is 0 Å². The standard InChI is InChI=1S/C14H14N2O3S/c17-13(16-6-8-18-9-7-16)11-1-3-12(4-2-11)19-14-15-5-10-20-14/h1-5,10H,6-9H2. The van der Waals surface area contributed by atoms with Gasteiger partial charge in [-0.2, -0.15) is 0 Å². The van der Waals surface area contributed by atoms with Crippen molar-refractivity contribution in [2.45, 2.75) is 0 Å². The van der Waals surface area contributed by atoms with Crippen LogP contribution in [0.4, 0.5) is 0 Å². The number of amides is 1. The largest absolute Gasteiger partial charge is 0.431 e. The molecule has 1 saturated heterocycles. The lowest BCUT2D eigenvalue weighted by atomic mass is 10.2. The Morgan fingerprint density at radius 2 is 2.00 bits per heavy atom. The minimum absolute atomic E-state index is 0.0362. The first kappa shape index (κ1) is 13.1. The van der Waals surface area contributed by atoms with E-state index in [4.69, 9.17) is 9.47 Å². The number of aromatic nitrogens is 1. The molecule has 1 amide bonds. The summed E-state index contributed by atoms with van der Waals surface area (Å²) >= 11 is 1.43. The highest BCUT2D eigenvalue weighted by Gasteiger charge is 2.18. The number of hydrogen-bond donors (Lipinski definition) is 0. The van der Waals surface area contributed by atoms with E-state index in [0.29, 0.717) is 42.8 Å². The molecule has 0 aliphatic carbocycles. The van der Waals surface area contributed by atoms with Gasteiger partial charge in [0.2, 0.25) is 0 Å². The summed E-state index contributed by atoms with van der Waals surface area (Å²) in [7, 11) is 0. The molecule has 104 valence electrons. The van der Waals surface area contributed by atoms with Gasteiger partial charge in [0.15, 0.2) is 0 Å². The van der Waals surface area contributed by atoms with Gasteiger partial charge in [0.05, 0.1) is 13.2 Å². The number of ether oxygens (including phenoxy) is 2. The van der Waals surface area contributed by atoms with Gasteiger partial charge in [0.1, 0.15) is 5.75 Å². The van der Waals surface area contributed by atoms with Gasteiger partial charge in [0, 0.05) is 30.2 Å². The van der Waals surface area contributed by atoms with Crippen LogP contribution in [0.5, 0.6) is 10.9 Å². The number of hydrogen-bond acceptors (Lipinski definition) is 5. The molecular formula is C14H14N2O3S. The van der Waals surface area contributed by atoms with Crippen molar-refractivity contribution in [2.24, 2.45) is 0 Å². The van der Waals surface area contributed by atoms with E-state index in [1.807, 2.05) is 5.38 Å². The first-order valence-electron chi connectivity index (χ1n) is 6.37. The summed E-state index contributed by atoms with van der Waals surface area (Å²) < 4.78 is 10.8. The molecule has 0 bridgehead atoms. The topological polar surface area (TPSA) is 51.7 Å². The summed E-state index contributed by atoms with van der Waals surface area (Å²) in [6.45, 7) is 2.51. The summed E-state index contributed by atoms with van der Waals surface area (Å²) in [6, 6.07) is 7.13. The molecule has 0 N–H and O–H groups in total. The van der Waals surface area contributed by atoms with E-state index in [1.165, 1.54) is 11.3 Å². The van der Waals surface area contributed by atoms with Crippen LogP contribution in [-0.2, 0) is 4.74 Å². The number of morpholine rings is 1. The smallest absolute Gasteiger partial charge is 0.278 e. The Morgan fingerprint density at radius 1 is 1.25 bits per heavy atom. The minimum Gasteiger partial charge on any atom is -0.431 e. The minimum atomic E-state index is 0.0362. The molecular weight excluding hydrogens is 276 g/mol. The molecule has 1 aliphatic heterocycles. The second kappa shape index (κ2) is 6.02. The number of nitrogens with zero attached hydrogens (tertiary/aromatic N) is 2. The lowest BCUT2D eigenvalue weighted by molar-refractivity contribution is 0.0303. The first-order chi connectivity index (χ1) is 9.83. The number of benzene rings is 1. The Labute approximate surface area is 120 Å². The monoisotopic (exact) mass is 290 g/mol. The zero-order valence-corrected chi connectivity index (χ0v) is 11.6. The third kappa shape index (κ3) is 2.97. The lowest BCUT2D eigenvalue weighted by Crippen LogP contribution is -2.40. The van der Waals surface area contributed by atoms with Gasteiger partial charge in [-0.3, -0.25) is 4.79 Å². The number of carbonyl (C=O) groups excluding carboxylic acids is 1. The predicted molar refractivity (Wildman–Crippen MR) is 75.4 cm³/mol. The molecule has 6 heteroatoms. The van der Waals surface area contributed by atoms with Crippen LogP contribution in [-0.4, -0.2) is 42.1 Å². The Morgan fingerprint density at radius 3 is 2.65 bits per heavy atom. The number of carbonyl (C=O) groups is 1. The normalized spacial score (nSPS) is 15.1. The van der Waals surface area contributed by atoms with Crippen molar-refractivity contribution >= 4 is 17.2 Å². The van der Waals surface area contributed by atoms with Crippen molar-refractivity contribution in [1.82, 2.24) is 9.88 Å². The van der Waals surface area contributed by atoms with Gasteiger partial charge in [-0.05, 0) is 24.3 Å². The second-order valence-corrected chi connectivity index (χ2v) is 5.19. The average molecular weight is 290 g/mol. The fraction of sp³-hybridized carbons (Fsp3) is 0.286. The molecule has 1 fully saturated rings. The van der Waals surface area contributed by atoms with Crippen LogP contribution in [0.1, 0.15) is 10.4 Å². The molecule has 1 aromatic carbocycles. The third-order valence-electron chi connectivity index (χ3n) is 3.01. The van der Waals surface area contributed by atoms with Crippen LogP contribution in [0.15, 0.2) is 35.8 Å². The Balaban J connectivity index is 1.67. The maximum atomic E-state index is 12.2. The summed E-state index contributed by atoms with van der Waals surface area (Å²) in [5, 5.41) is 2.45. The van der Waals surface area contributed by atoms with Crippen LogP contribution in [0.25, 0.3) is 0 Å². The molecule has 0 saturated carbocycles. The molecule has 1 aliphatic rings. The van der Waals surface area contributed by atoms with E-state index in [0.717, 1.165) is 0 Å². The zero-order valence-electron chi connectivity index (χ0n) is 10.8. The highest BCUT2D eigenvalue weighted by Crippen LogP contribution is 2.23. The van der Waals surface area contributed by atoms with Crippen molar-refractivity contribution in [3.8, 4) is 10.9 Å². The Hall–Kier alpha value is -1.92. The van der Waals surface area contributed by atoms with Crippen molar-refractivity contribution < 1.29 is 14.3 Å². The molecule has 20 heavy (non-hydrogen) atoms. The van der Waals surface area contributed by atoms with Crippen molar-refractivity contribution in [1.29, 1.82) is 0 Å². The number of rotatable bonds is 3. The van der Waals surface area contributed by atoms with Crippen molar-refractivity contribution in [3.63, 3.8) is 0 Å². The van der Waals surface area contributed by atoms with E-state index in [1.54, 1.807) is 35.4 Å². The van der Waals surface area contributed by atoms with Gasteiger partial charge < -0.3 is 14.4 Å². The second-order valence-electron chi connectivity index (χ2n) is 4.33. The fourth-order valence-corrected chi connectivity index (χ4v) is 2.48. The van der Waals surface area contributed by atoms with Crippen molar-refractivity contribution in [3.05, 3.63) is 41.4 Å². The van der Waals surface area contributed by atoms with E-state index < -0.39 is 0 Å². The molecule has 0 spiro atoms. The van der Waals surface area contributed by atoms with Gasteiger partial charge in [0.25, 0.3) is 11.1 Å². The van der Waals surface area contributed by atoms with Gasteiger partial charge in [-0.25, -0.2) is 4.98 Å². The highest BCUT2D eigenvalue weighted by molar-refractivity contribution is 7.11. The molecule has 3 rings (SSSR count). The SMILES string of the molecule is O=C(c1ccc(Oc2nccs2)cc1)N1CCOCC1. The van der Waals surface area contributed by atoms with E-state index >= 15 is 0 Å². The van der Waals surface area contributed by atoms with Crippen LogP contribution in [0.2, 0.25) is 0 Å². The van der Waals surface area contributed by atoms with Crippen molar-refractivity contribution in [2.75, 3.05) is 26.3 Å². The summed E-state index contributed by atoms with van der Waals surface area (Å²) in [5.74, 6) is 0.715. The third-order valence-corrected chi connectivity index (χ3v) is 3.66. The van der Waals surface area contributed by atoms with Crippen LogP contribution < -0.4 is 4.74 Å². The molecule has 0 atom stereocenters. The Bertz CT molecular complexity index is 563. The quantitative estimate of drug-likeness (QED) is 0.871. The average Bonchev–Trinajstić information content (AvgIpc) is 3.01. The summed E-state index contributed by atoms with van der Waals surface area (Å²) in [6.07, 6.45) is 1.69. The molecule has 2 aromatic rings. The predicted octanol–water partition coefficient (Wildman–Crippen LogP) is 2.41. The highest BCUT2D eigenvalue weighted by atomic mass is 32.1. The molecule has 2 heterocycles. The van der Waals surface area contributed by atoms with Crippen LogP contribution >= 0.6 is 11.3 Å². The summed E-state index contributed by atoms with van der Waals surface area (Å²) in [5.41, 5.74) is 0.665. The Kier molecular flexibility index (Phi) is 3.94. The maximum absolute atomic E-state index is 12.2. The maximum Gasteiger partial charge on any atom is 0.278 e. The zero-order chi connectivity index (χ0) is 13.8. The van der Waals surface area contributed by atoms with E-state index in [2.05, 4.69) is 4.98 Å². The molecule has 1 aromatic heterocycles. The molecule has 0 unspecified atom stereocenters. The van der Waals surface area contributed by atoms with Gasteiger partial charge in [-0.1, -0.05) is 11.3 Å². The van der Waals surface area contributed by atoms with E-state index in [-0.39, 0.29) is 5.91 Å². The fourth-order valence-electron chi connectivity index (χ4n) is 1.98. The van der Waals surface area contributed by atoms with E-state index in [9.17, 15) is 4.79 Å². The van der Waals surface area contributed by atoms with Gasteiger partial charge >= 0.3 is 0 Å². The first-order valence-corrected chi connectivity index (χ1v) is 7.25. The van der Waals surface area contributed by atoms with Crippen LogP contribution in [0.3, 0.4) is 0 Å². The summed E-state index contributed by atoms with van der Waals surface area (Å²) in [4.78, 5) is 18.1. The molecule has 5 nitrogen and oxygen atoms in total. The molecule has 0 radical (unpaired) electrons. The number of thiazole rings is 1.